The standard InChI is InChI=1S/C13H20N4O2S/c1-8-9-10(14)11(20-13(9)17(2)16-8)12(19)15-6-4-3-5-7-18/h18H,3-7,14H2,1-2H3,(H,15,19). The van der Waals surface area contributed by atoms with Crippen LogP contribution in [-0.2, 0) is 7.05 Å². The number of hydrogen-bond acceptors (Lipinski definition) is 5. The summed E-state index contributed by atoms with van der Waals surface area (Å²) < 4.78 is 1.75. The van der Waals surface area contributed by atoms with Gasteiger partial charge < -0.3 is 16.2 Å². The molecule has 2 aromatic heterocycles. The van der Waals surface area contributed by atoms with Crippen LogP contribution in [-0.4, -0.2) is 33.9 Å². The number of rotatable bonds is 6. The molecule has 0 aliphatic carbocycles. The van der Waals surface area contributed by atoms with E-state index >= 15 is 0 Å². The maximum Gasteiger partial charge on any atom is 0.263 e. The zero-order valence-corrected chi connectivity index (χ0v) is 12.6. The highest BCUT2D eigenvalue weighted by atomic mass is 32.1. The van der Waals surface area contributed by atoms with Crippen LogP contribution < -0.4 is 11.1 Å². The number of fused-ring (bicyclic) bond motifs is 1. The topological polar surface area (TPSA) is 93.2 Å². The molecule has 0 atom stereocenters. The van der Waals surface area contributed by atoms with Gasteiger partial charge >= 0.3 is 0 Å². The van der Waals surface area contributed by atoms with Gasteiger partial charge in [-0.15, -0.1) is 11.3 Å². The van der Waals surface area contributed by atoms with Crippen LogP contribution in [0.15, 0.2) is 0 Å². The number of aliphatic hydroxyl groups is 1. The largest absolute Gasteiger partial charge is 0.397 e. The van der Waals surface area contributed by atoms with E-state index in [1.165, 1.54) is 11.3 Å². The van der Waals surface area contributed by atoms with Crippen molar-refractivity contribution in [1.82, 2.24) is 15.1 Å². The highest BCUT2D eigenvalue weighted by Gasteiger charge is 2.20. The molecule has 0 unspecified atom stereocenters. The van der Waals surface area contributed by atoms with Crippen LogP contribution >= 0.6 is 11.3 Å². The zero-order valence-electron chi connectivity index (χ0n) is 11.8. The number of anilines is 1. The van der Waals surface area contributed by atoms with Crippen LogP contribution in [0.25, 0.3) is 10.2 Å². The molecule has 20 heavy (non-hydrogen) atoms. The molecule has 0 radical (unpaired) electrons. The lowest BCUT2D eigenvalue weighted by atomic mass is 10.2. The van der Waals surface area contributed by atoms with Gasteiger partial charge in [-0.1, -0.05) is 0 Å². The van der Waals surface area contributed by atoms with E-state index < -0.39 is 0 Å². The number of nitrogen functional groups attached to an aromatic ring is 1. The van der Waals surface area contributed by atoms with Gasteiger partial charge in [-0.05, 0) is 26.2 Å². The van der Waals surface area contributed by atoms with Crippen molar-refractivity contribution in [3.05, 3.63) is 10.6 Å². The highest BCUT2D eigenvalue weighted by Crippen LogP contribution is 2.35. The maximum absolute atomic E-state index is 12.1. The number of carbonyl (C=O) groups is 1. The normalized spacial score (nSPS) is 11.2. The minimum Gasteiger partial charge on any atom is -0.397 e. The third-order valence-electron chi connectivity index (χ3n) is 3.21. The number of aromatic nitrogens is 2. The third-order valence-corrected chi connectivity index (χ3v) is 4.48. The van der Waals surface area contributed by atoms with Crippen LogP contribution in [0.4, 0.5) is 5.69 Å². The number of nitrogens with zero attached hydrogens (tertiary/aromatic N) is 2. The zero-order chi connectivity index (χ0) is 14.7. The lowest BCUT2D eigenvalue weighted by Gasteiger charge is -2.04. The van der Waals surface area contributed by atoms with E-state index in [1.54, 1.807) is 4.68 Å². The first kappa shape index (κ1) is 14.8. The number of amides is 1. The monoisotopic (exact) mass is 296 g/mol. The van der Waals surface area contributed by atoms with Crippen LogP contribution in [0.2, 0.25) is 0 Å². The molecule has 0 saturated heterocycles. The first-order valence-corrected chi connectivity index (χ1v) is 7.48. The molecular weight excluding hydrogens is 276 g/mol. The Morgan fingerprint density at radius 1 is 1.45 bits per heavy atom. The predicted octanol–water partition coefficient (Wildman–Crippen LogP) is 1.42. The van der Waals surface area contributed by atoms with Crippen LogP contribution in [0, 0.1) is 6.92 Å². The minimum absolute atomic E-state index is 0.132. The smallest absolute Gasteiger partial charge is 0.263 e. The summed E-state index contributed by atoms with van der Waals surface area (Å²) >= 11 is 1.37. The summed E-state index contributed by atoms with van der Waals surface area (Å²) in [4.78, 5) is 13.6. The molecule has 0 aromatic carbocycles. The van der Waals surface area contributed by atoms with Crippen LogP contribution in [0.5, 0.6) is 0 Å². The fourth-order valence-electron chi connectivity index (χ4n) is 2.19. The average Bonchev–Trinajstić information content (AvgIpc) is 2.89. The first-order valence-electron chi connectivity index (χ1n) is 6.67. The van der Waals surface area contributed by atoms with Crippen molar-refractivity contribution in [3.8, 4) is 0 Å². The number of hydrogen-bond donors (Lipinski definition) is 3. The van der Waals surface area contributed by atoms with Gasteiger partial charge in [0, 0.05) is 20.2 Å². The molecule has 0 spiro atoms. The Balaban J connectivity index is 2.07. The summed E-state index contributed by atoms with van der Waals surface area (Å²) in [5.41, 5.74) is 7.43. The van der Waals surface area contributed by atoms with Gasteiger partial charge in [-0.3, -0.25) is 9.48 Å². The highest BCUT2D eigenvalue weighted by molar-refractivity contribution is 7.21. The molecular formula is C13H20N4O2S. The number of carbonyl (C=O) groups excluding carboxylic acids is 1. The Labute approximate surface area is 121 Å². The average molecular weight is 296 g/mol. The lowest BCUT2D eigenvalue weighted by molar-refractivity contribution is 0.0958. The number of thiophene rings is 1. The molecule has 0 aliphatic heterocycles. The maximum atomic E-state index is 12.1. The van der Waals surface area contributed by atoms with Crippen molar-refractivity contribution in [2.24, 2.45) is 7.05 Å². The van der Waals surface area contributed by atoms with Gasteiger partial charge in [0.05, 0.1) is 16.8 Å². The Kier molecular flexibility index (Phi) is 4.61. The number of aryl methyl sites for hydroxylation is 2. The summed E-state index contributed by atoms with van der Waals surface area (Å²) in [7, 11) is 1.85. The number of unbranched alkanes of at least 4 members (excludes halogenated alkanes) is 2. The second-order valence-electron chi connectivity index (χ2n) is 4.77. The SMILES string of the molecule is Cc1nn(C)c2sc(C(=O)NCCCCCO)c(N)c12. The molecule has 0 fully saturated rings. The molecule has 4 N–H and O–H groups in total. The first-order chi connectivity index (χ1) is 9.56. The lowest BCUT2D eigenvalue weighted by Crippen LogP contribution is -2.24. The number of nitrogens with two attached hydrogens (primary N) is 1. The Morgan fingerprint density at radius 2 is 2.20 bits per heavy atom. The Bertz CT molecular complexity index is 617. The van der Waals surface area contributed by atoms with E-state index in [0.29, 0.717) is 17.1 Å². The molecule has 110 valence electrons. The van der Waals surface area contributed by atoms with Gasteiger partial charge in [0.1, 0.15) is 9.71 Å². The molecule has 2 heterocycles. The van der Waals surface area contributed by atoms with Crippen molar-refractivity contribution >= 4 is 33.1 Å². The van der Waals surface area contributed by atoms with Gasteiger partial charge in [0.15, 0.2) is 0 Å². The Hall–Kier alpha value is -1.60. The van der Waals surface area contributed by atoms with Gasteiger partial charge in [0.2, 0.25) is 0 Å². The third kappa shape index (κ3) is 2.78. The molecule has 7 heteroatoms. The number of aliphatic hydroxyl groups excluding tert-OH is 1. The van der Waals surface area contributed by atoms with Crippen molar-refractivity contribution < 1.29 is 9.90 Å². The predicted molar refractivity (Wildman–Crippen MR) is 81.0 cm³/mol. The summed E-state index contributed by atoms with van der Waals surface area (Å²) in [5.74, 6) is -0.132. The molecule has 1 amide bonds. The van der Waals surface area contributed by atoms with Crippen molar-refractivity contribution in [2.75, 3.05) is 18.9 Å². The molecule has 2 aromatic rings. The van der Waals surface area contributed by atoms with Gasteiger partial charge in [-0.2, -0.15) is 5.10 Å². The van der Waals surface area contributed by atoms with E-state index in [9.17, 15) is 4.79 Å². The quantitative estimate of drug-likeness (QED) is 0.703. The van der Waals surface area contributed by atoms with Crippen LogP contribution in [0.1, 0.15) is 34.6 Å². The fourth-order valence-corrected chi connectivity index (χ4v) is 3.30. The summed E-state index contributed by atoms with van der Waals surface area (Å²) in [6.07, 6.45) is 2.53. The summed E-state index contributed by atoms with van der Waals surface area (Å²) in [6.45, 7) is 2.69. The van der Waals surface area contributed by atoms with E-state index in [-0.39, 0.29) is 12.5 Å². The second-order valence-corrected chi connectivity index (χ2v) is 5.77. The van der Waals surface area contributed by atoms with E-state index in [0.717, 1.165) is 35.2 Å². The fraction of sp³-hybridized carbons (Fsp3) is 0.538. The molecule has 0 saturated carbocycles. The van der Waals surface area contributed by atoms with Crippen LogP contribution in [0.3, 0.4) is 0 Å². The summed E-state index contributed by atoms with van der Waals surface area (Å²) in [5, 5.41) is 16.7. The van der Waals surface area contributed by atoms with Gasteiger partial charge in [-0.25, -0.2) is 0 Å². The van der Waals surface area contributed by atoms with E-state index in [2.05, 4.69) is 10.4 Å². The molecule has 6 nitrogen and oxygen atoms in total. The summed E-state index contributed by atoms with van der Waals surface area (Å²) in [6, 6.07) is 0. The molecule has 0 bridgehead atoms. The Morgan fingerprint density at radius 3 is 2.85 bits per heavy atom. The number of nitrogens with one attached hydrogen (secondary N) is 1. The van der Waals surface area contributed by atoms with Crippen molar-refractivity contribution in [1.29, 1.82) is 0 Å². The van der Waals surface area contributed by atoms with Gasteiger partial charge in [0.25, 0.3) is 5.91 Å². The molecule has 0 aliphatic rings. The van der Waals surface area contributed by atoms with Crippen molar-refractivity contribution in [3.63, 3.8) is 0 Å². The van der Waals surface area contributed by atoms with Crippen molar-refractivity contribution in [2.45, 2.75) is 26.2 Å². The minimum atomic E-state index is -0.132. The molecule has 2 rings (SSSR count). The second kappa shape index (κ2) is 6.23. The van der Waals surface area contributed by atoms with E-state index in [1.807, 2.05) is 14.0 Å². The van der Waals surface area contributed by atoms with E-state index in [4.69, 9.17) is 10.8 Å².